The second-order valence-electron chi connectivity index (χ2n) is 5.17. The summed E-state index contributed by atoms with van der Waals surface area (Å²) in [4.78, 5) is 13.7. The van der Waals surface area contributed by atoms with Gasteiger partial charge < -0.3 is 9.42 Å². The first kappa shape index (κ1) is 14.8. The van der Waals surface area contributed by atoms with Crippen molar-refractivity contribution in [1.29, 1.82) is 0 Å². The van der Waals surface area contributed by atoms with E-state index in [0.29, 0.717) is 12.3 Å². The van der Waals surface area contributed by atoms with E-state index in [0.717, 1.165) is 11.3 Å². The average molecular weight is 298 g/mol. The van der Waals surface area contributed by atoms with E-state index in [1.54, 1.807) is 24.9 Å². The molecule has 1 atom stereocenters. The molecule has 2 heterocycles. The number of aryl methyl sites for hydroxylation is 2. The maximum absolute atomic E-state index is 12.1. The second kappa shape index (κ2) is 5.40. The van der Waals surface area contributed by atoms with Gasteiger partial charge in [0.1, 0.15) is 5.76 Å². The van der Waals surface area contributed by atoms with Crippen molar-refractivity contribution in [3.8, 4) is 0 Å². The lowest BCUT2D eigenvalue weighted by atomic mass is 10.1. The number of allylic oxidation sites excluding steroid dienone is 1. The van der Waals surface area contributed by atoms with Crippen LogP contribution in [0.25, 0.3) is 0 Å². The van der Waals surface area contributed by atoms with Crippen LogP contribution in [0.5, 0.6) is 0 Å². The predicted molar refractivity (Wildman–Crippen MR) is 73.5 cm³/mol. The molecule has 0 spiro atoms. The smallest absolute Gasteiger partial charge is 0.223 e. The number of rotatable bonds is 4. The fourth-order valence-electron chi connectivity index (χ4n) is 2.20. The Morgan fingerprint density at radius 1 is 1.50 bits per heavy atom. The quantitative estimate of drug-likeness (QED) is 0.834. The number of sulfone groups is 1. The Labute approximate surface area is 118 Å². The van der Waals surface area contributed by atoms with Crippen molar-refractivity contribution in [2.75, 3.05) is 12.8 Å². The molecule has 0 saturated heterocycles. The largest absolute Gasteiger partial charge is 0.361 e. The molecule has 1 unspecified atom stereocenters. The van der Waals surface area contributed by atoms with Gasteiger partial charge in [0.15, 0.2) is 9.84 Å². The third-order valence-electron chi connectivity index (χ3n) is 3.44. The Hall–Kier alpha value is -1.63. The summed E-state index contributed by atoms with van der Waals surface area (Å²) in [7, 11) is -1.41. The summed E-state index contributed by atoms with van der Waals surface area (Å²) < 4.78 is 27.7. The van der Waals surface area contributed by atoms with Gasteiger partial charge in [-0.15, -0.1) is 0 Å². The number of carbonyl (C=O) groups is 1. The van der Waals surface area contributed by atoms with Crippen molar-refractivity contribution in [2.24, 2.45) is 5.92 Å². The molecule has 1 aromatic heterocycles. The molecule has 0 N–H and O–H groups in total. The van der Waals surface area contributed by atoms with E-state index in [9.17, 15) is 13.2 Å². The molecular formula is C13H18N2O4S. The van der Waals surface area contributed by atoms with Crippen LogP contribution in [0.4, 0.5) is 0 Å². The monoisotopic (exact) mass is 298 g/mol. The average Bonchev–Trinajstić information content (AvgIpc) is 2.85. The van der Waals surface area contributed by atoms with Crippen LogP contribution < -0.4 is 0 Å². The van der Waals surface area contributed by atoms with E-state index in [1.807, 2.05) is 6.92 Å². The van der Waals surface area contributed by atoms with Crippen molar-refractivity contribution >= 4 is 15.7 Å². The van der Waals surface area contributed by atoms with Crippen LogP contribution in [0.2, 0.25) is 0 Å². The van der Waals surface area contributed by atoms with Crippen LogP contribution in [-0.2, 0) is 21.2 Å². The van der Waals surface area contributed by atoms with E-state index in [-0.39, 0.29) is 24.0 Å². The SMILES string of the molecule is Cc1noc(C)c1CN(C)C(=O)CC1C=CS(=O)(=O)C1. The lowest BCUT2D eigenvalue weighted by molar-refractivity contribution is -0.130. The highest BCUT2D eigenvalue weighted by atomic mass is 32.2. The van der Waals surface area contributed by atoms with Crippen molar-refractivity contribution in [2.45, 2.75) is 26.8 Å². The molecule has 0 fully saturated rings. The Morgan fingerprint density at radius 3 is 2.70 bits per heavy atom. The molecule has 0 aromatic carbocycles. The summed E-state index contributed by atoms with van der Waals surface area (Å²) in [5.41, 5.74) is 1.67. The molecule has 2 rings (SSSR count). The predicted octanol–water partition coefficient (Wildman–Crippen LogP) is 1.20. The lowest BCUT2D eigenvalue weighted by Crippen LogP contribution is -2.28. The first-order chi connectivity index (χ1) is 9.28. The minimum atomic E-state index is -3.11. The zero-order chi connectivity index (χ0) is 14.9. The Morgan fingerprint density at radius 2 is 2.20 bits per heavy atom. The van der Waals surface area contributed by atoms with Crippen LogP contribution in [0, 0.1) is 19.8 Å². The van der Waals surface area contributed by atoms with Crippen LogP contribution in [0.15, 0.2) is 16.0 Å². The number of nitrogens with zero attached hydrogens (tertiary/aromatic N) is 2. The summed E-state index contributed by atoms with van der Waals surface area (Å²) in [6, 6.07) is 0. The molecule has 110 valence electrons. The minimum Gasteiger partial charge on any atom is -0.361 e. The van der Waals surface area contributed by atoms with Gasteiger partial charge in [-0.1, -0.05) is 11.2 Å². The van der Waals surface area contributed by atoms with Crippen LogP contribution in [0.1, 0.15) is 23.4 Å². The van der Waals surface area contributed by atoms with Crippen molar-refractivity contribution in [1.82, 2.24) is 10.1 Å². The normalized spacial score (nSPS) is 20.2. The summed E-state index contributed by atoms with van der Waals surface area (Å²) in [6.07, 6.45) is 1.80. The number of hydrogen-bond acceptors (Lipinski definition) is 5. The highest BCUT2D eigenvalue weighted by molar-refractivity contribution is 7.94. The zero-order valence-corrected chi connectivity index (χ0v) is 12.6. The molecule has 1 aliphatic heterocycles. The van der Waals surface area contributed by atoms with Gasteiger partial charge in [-0.3, -0.25) is 4.79 Å². The zero-order valence-electron chi connectivity index (χ0n) is 11.8. The standard InChI is InChI=1S/C13H18N2O4S/c1-9-12(10(2)19-14-9)7-15(3)13(16)6-11-4-5-20(17,18)8-11/h4-5,11H,6-8H2,1-3H3. The third kappa shape index (κ3) is 3.27. The van der Waals surface area contributed by atoms with E-state index >= 15 is 0 Å². The molecule has 1 amide bonds. The Bertz CT molecular complexity index is 626. The molecule has 1 aromatic rings. The van der Waals surface area contributed by atoms with Crippen molar-refractivity contribution < 1.29 is 17.7 Å². The Kier molecular flexibility index (Phi) is 3.99. The molecule has 1 aliphatic rings. The third-order valence-corrected chi connectivity index (χ3v) is 4.91. The lowest BCUT2D eigenvalue weighted by Gasteiger charge is -2.18. The number of carbonyl (C=O) groups excluding carboxylic acids is 1. The van der Waals surface area contributed by atoms with Gasteiger partial charge in [0.25, 0.3) is 0 Å². The summed E-state index contributed by atoms with van der Waals surface area (Å²) >= 11 is 0. The van der Waals surface area contributed by atoms with Crippen LogP contribution in [-0.4, -0.2) is 37.2 Å². The first-order valence-corrected chi connectivity index (χ1v) is 8.06. The van der Waals surface area contributed by atoms with Gasteiger partial charge in [-0.2, -0.15) is 0 Å². The van der Waals surface area contributed by atoms with E-state index in [4.69, 9.17) is 4.52 Å². The maximum Gasteiger partial charge on any atom is 0.223 e. The number of aromatic nitrogens is 1. The van der Waals surface area contributed by atoms with Gasteiger partial charge >= 0.3 is 0 Å². The summed E-state index contributed by atoms with van der Waals surface area (Å²) in [5, 5.41) is 5.04. The van der Waals surface area contributed by atoms with Gasteiger partial charge in [0, 0.05) is 30.4 Å². The fourth-order valence-corrected chi connectivity index (χ4v) is 3.60. The number of hydrogen-bond donors (Lipinski definition) is 0. The van der Waals surface area contributed by atoms with Gasteiger partial charge in [0.2, 0.25) is 5.91 Å². The highest BCUT2D eigenvalue weighted by Gasteiger charge is 2.25. The highest BCUT2D eigenvalue weighted by Crippen LogP contribution is 2.20. The summed E-state index contributed by atoms with van der Waals surface area (Å²) in [6.45, 7) is 4.06. The number of amides is 1. The summed E-state index contributed by atoms with van der Waals surface area (Å²) in [5.74, 6) is 0.416. The molecule has 0 aliphatic carbocycles. The maximum atomic E-state index is 12.1. The van der Waals surface area contributed by atoms with Crippen molar-refractivity contribution in [3.05, 3.63) is 28.5 Å². The van der Waals surface area contributed by atoms with E-state index in [1.165, 1.54) is 5.41 Å². The van der Waals surface area contributed by atoms with E-state index in [2.05, 4.69) is 5.16 Å². The molecule has 7 heteroatoms. The molecule has 6 nitrogen and oxygen atoms in total. The first-order valence-electron chi connectivity index (χ1n) is 6.35. The van der Waals surface area contributed by atoms with Crippen LogP contribution in [0.3, 0.4) is 0 Å². The molecule has 0 bridgehead atoms. The molecule has 20 heavy (non-hydrogen) atoms. The minimum absolute atomic E-state index is 0.0257. The Balaban J connectivity index is 1.95. The van der Waals surface area contributed by atoms with Gasteiger partial charge in [-0.05, 0) is 13.8 Å². The van der Waals surface area contributed by atoms with Gasteiger partial charge in [0.05, 0.1) is 18.0 Å². The van der Waals surface area contributed by atoms with Gasteiger partial charge in [-0.25, -0.2) is 8.42 Å². The molecular weight excluding hydrogens is 280 g/mol. The topological polar surface area (TPSA) is 80.5 Å². The van der Waals surface area contributed by atoms with Crippen LogP contribution >= 0.6 is 0 Å². The van der Waals surface area contributed by atoms with E-state index < -0.39 is 9.84 Å². The molecule has 0 saturated carbocycles. The molecule has 0 radical (unpaired) electrons. The van der Waals surface area contributed by atoms with Crippen molar-refractivity contribution in [3.63, 3.8) is 0 Å². The second-order valence-corrected chi connectivity index (χ2v) is 7.11. The fraction of sp³-hybridized carbons (Fsp3) is 0.538.